The number of hydrogen-bond donors (Lipinski definition) is 3. The molecule has 0 fully saturated rings. The van der Waals surface area contributed by atoms with Crippen molar-refractivity contribution in [1.82, 2.24) is 15.3 Å². The number of carbonyl (C=O) groups excluding carboxylic acids is 1. The van der Waals surface area contributed by atoms with Crippen molar-refractivity contribution in [3.05, 3.63) is 70.1 Å². The summed E-state index contributed by atoms with van der Waals surface area (Å²) < 4.78 is 5.08. The van der Waals surface area contributed by atoms with Gasteiger partial charge in [-0.25, -0.2) is 9.59 Å². The SMILES string of the molecule is O=C(NCC#Cc1ccc2[nH]c(=O)[nH]c2c1)OCc1ccccc1. The molecule has 0 saturated carbocycles. The van der Waals surface area contributed by atoms with Crippen LogP contribution in [0, 0.1) is 11.8 Å². The molecular weight excluding hydrogens is 306 g/mol. The second-order valence-electron chi connectivity index (χ2n) is 5.06. The second-order valence-corrected chi connectivity index (χ2v) is 5.06. The van der Waals surface area contributed by atoms with E-state index in [9.17, 15) is 9.59 Å². The lowest BCUT2D eigenvalue weighted by atomic mass is 10.2. The lowest BCUT2D eigenvalue weighted by molar-refractivity contribution is 0.141. The first-order chi connectivity index (χ1) is 11.7. The maximum Gasteiger partial charge on any atom is 0.408 e. The fourth-order valence-corrected chi connectivity index (χ4v) is 2.15. The van der Waals surface area contributed by atoms with Crippen molar-refractivity contribution < 1.29 is 9.53 Å². The molecule has 0 atom stereocenters. The van der Waals surface area contributed by atoms with E-state index in [0.29, 0.717) is 5.52 Å². The molecule has 6 heteroatoms. The molecule has 1 amide bonds. The van der Waals surface area contributed by atoms with Crippen LogP contribution >= 0.6 is 0 Å². The molecule has 0 spiro atoms. The van der Waals surface area contributed by atoms with Gasteiger partial charge in [-0.1, -0.05) is 42.2 Å². The van der Waals surface area contributed by atoms with Gasteiger partial charge < -0.3 is 20.0 Å². The van der Waals surface area contributed by atoms with E-state index in [-0.39, 0.29) is 18.8 Å². The average Bonchev–Trinajstić information content (AvgIpc) is 2.97. The van der Waals surface area contributed by atoms with Gasteiger partial charge in [0.1, 0.15) is 6.61 Å². The Labute approximate surface area is 137 Å². The van der Waals surface area contributed by atoms with Gasteiger partial charge in [0.25, 0.3) is 0 Å². The fourth-order valence-electron chi connectivity index (χ4n) is 2.15. The molecule has 0 saturated heterocycles. The van der Waals surface area contributed by atoms with E-state index in [0.717, 1.165) is 16.6 Å². The van der Waals surface area contributed by atoms with Crippen molar-refractivity contribution >= 4 is 17.1 Å². The summed E-state index contributed by atoms with van der Waals surface area (Å²) >= 11 is 0. The Hall–Kier alpha value is -3.46. The molecule has 0 aliphatic rings. The van der Waals surface area contributed by atoms with Crippen LogP contribution in [-0.2, 0) is 11.3 Å². The standard InChI is InChI=1S/C18H15N3O3/c22-17-20-15-9-8-13(11-16(15)21-17)7-4-10-19-18(23)24-12-14-5-2-1-3-6-14/h1-3,5-6,8-9,11H,10,12H2,(H,19,23)(H2,20,21,22). The Morgan fingerprint density at radius 2 is 1.88 bits per heavy atom. The van der Waals surface area contributed by atoms with Gasteiger partial charge in [0, 0.05) is 5.56 Å². The highest BCUT2D eigenvalue weighted by molar-refractivity contribution is 5.76. The Bertz CT molecular complexity index is 962. The monoisotopic (exact) mass is 321 g/mol. The van der Waals surface area contributed by atoms with Gasteiger partial charge in [-0.05, 0) is 23.8 Å². The summed E-state index contributed by atoms with van der Waals surface area (Å²) in [6.07, 6.45) is -0.515. The molecule has 6 nitrogen and oxygen atoms in total. The topological polar surface area (TPSA) is 87.0 Å². The summed E-state index contributed by atoms with van der Waals surface area (Å²) in [4.78, 5) is 28.1. The van der Waals surface area contributed by atoms with E-state index in [2.05, 4.69) is 27.1 Å². The van der Waals surface area contributed by atoms with Crippen molar-refractivity contribution in [2.75, 3.05) is 6.54 Å². The Kier molecular flexibility index (Phi) is 4.63. The molecule has 3 N–H and O–H groups in total. The number of fused-ring (bicyclic) bond motifs is 1. The van der Waals surface area contributed by atoms with Crippen molar-refractivity contribution in [1.29, 1.82) is 0 Å². The predicted molar refractivity (Wildman–Crippen MR) is 90.4 cm³/mol. The first kappa shape index (κ1) is 15.4. The van der Waals surface area contributed by atoms with Gasteiger partial charge in [0.15, 0.2) is 0 Å². The third-order valence-corrected chi connectivity index (χ3v) is 3.28. The van der Waals surface area contributed by atoms with Gasteiger partial charge in [-0.2, -0.15) is 0 Å². The van der Waals surface area contributed by atoms with E-state index >= 15 is 0 Å². The number of aromatic amines is 2. The second kappa shape index (κ2) is 7.20. The van der Waals surface area contributed by atoms with Crippen molar-refractivity contribution in [3.8, 4) is 11.8 Å². The van der Waals surface area contributed by atoms with Crippen LogP contribution in [0.1, 0.15) is 11.1 Å². The van der Waals surface area contributed by atoms with Crippen molar-refractivity contribution in [2.45, 2.75) is 6.61 Å². The van der Waals surface area contributed by atoms with Crippen LogP contribution in [0.15, 0.2) is 53.3 Å². The predicted octanol–water partition coefficient (Wildman–Crippen LogP) is 2.13. The molecule has 0 bridgehead atoms. The zero-order chi connectivity index (χ0) is 16.8. The van der Waals surface area contributed by atoms with E-state index in [1.807, 2.05) is 30.3 Å². The van der Waals surface area contributed by atoms with Crippen LogP contribution in [0.5, 0.6) is 0 Å². The number of H-pyrrole nitrogens is 2. The summed E-state index contributed by atoms with van der Waals surface area (Å²) in [5, 5.41) is 2.57. The molecule has 3 aromatic rings. The number of benzene rings is 2. The Morgan fingerprint density at radius 3 is 2.71 bits per heavy atom. The minimum absolute atomic E-state index is 0.176. The number of ether oxygens (including phenoxy) is 1. The molecule has 120 valence electrons. The largest absolute Gasteiger partial charge is 0.445 e. The van der Waals surface area contributed by atoms with Crippen molar-refractivity contribution in [3.63, 3.8) is 0 Å². The zero-order valence-corrected chi connectivity index (χ0v) is 12.8. The van der Waals surface area contributed by atoms with E-state index in [1.165, 1.54) is 0 Å². The number of imidazole rings is 1. The molecule has 0 aliphatic carbocycles. The highest BCUT2D eigenvalue weighted by Crippen LogP contribution is 2.08. The summed E-state index contributed by atoms with van der Waals surface area (Å²) in [7, 11) is 0. The summed E-state index contributed by atoms with van der Waals surface area (Å²) in [6.45, 7) is 0.396. The van der Waals surface area contributed by atoms with Crippen molar-refractivity contribution in [2.24, 2.45) is 0 Å². The molecular formula is C18H15N3O3. The molecule has 3 rings (SSSR count). The number of aromatic nitrogens is 2. The molecule has 0 radical (unpaired) electrons. The smallest absolute Gasteiger partial charge is 0.408 e. The van der Waals surface area contributed by atoms with E-state index < -0.39 is 6.09 Å². The minimum atomic E-state index is -0.515. The van der Waals surface area contributed by atoms with Crippen LogP contribution in [0.3, 0.4) is 0 Å². The minimum Gasteiger partial charge on any atom is -0.445 e. The molecule has 0 unspecified atom stereocenters. The van der Waals surface area contributed by atoms with Crippen LogP contribution < -0.4 is 11.0 Å². The van der Waals surface area contributed by atoms with Crippen LogP contribution in [-0.4, -0.2) is 22.6 Å². The Morgan fingerprint density at radius 1 is 1.08 bits per heavy atom. The van der Waals surface area contributed by atoms with E-state index in [4.69, 9.17) is 4.74 Å². The lowest BCUT2D eigenvalue weighted by Crippen LogP contribution is -2.24. The van der Waals surface area contributed by atoms with Gasteiger partial charge in [-0.3, -0.25) is 0 Å². The summed E-state index contributed by atoms with van der Waals surface area (Å²) in [5.41, 5.74) is 2.85. The molecule has 1 aromatic heterocycles. The first-order valence-electron chi connectivity index (χ1n) is 7.36. The van der Waals surface area contributed by atoms with Gasteiger partial charge >= 0.3 is 11.8 Å². The average molecular weight is 321 g/mol. The molecule has 2 aromatic carbocycles. The first-order valence-corrected chi connectivity index (χ1v) is 7.36. The zero-order valence-electron chi connectivity index (χ0n) is 12.8. The molecule has 0 aliphatic heterocycles. The van der Waals surface area contributed by atoms with E-state index in [1.54, 1.807) is 18.2 Å². The third-order valence-electron chi connectivity index (χ3n) is 3.28. The van der Waals surface area contributed by atoms with Gasteiger partial charge in [0.05, 0.1) is 17.6 Å². The number of hydrogen-bond acceptors (Lipinski definition) is 3. The lowest BCUT2D eigenvalue weighted by Gasteiger charge is -2.04. The Balaban J connectivity index is 1.49. The maximum atomic E-state index is 11.6. The highest BCUT2D eigenvalue weighted by atomic mass is 16.5. The van der Waals surface area contributed by atoms with Gasteiger partial charge in [0.2, 0.25) is 0 Å². The fraction of sp³-hybridized carbons (Fsp3) is 0.111. The highest BCUT2D eigenvalue weighted by Gasteiger charge is 2.00. The molecule has 1 heterocycles. The normalized spacial score (nSPS) is 10.0. The number of rotatable bonds is 3. The quantitative estimate of drug-likeness (QED) is 0.646. The third kappa shape index (κ3) is 4.05. The van der Waals surface area contributed by atoms with Gasteiger partial charge in [-0.15, -0.1) is 0 Å². The van der Waals surface area contributed by atoms with Crippen LogP contribution in [0.25, 0.3) is 11.0 Å². The van der Waals surface area contributed by atoms with Crippen LogP contribution in [0.4, 0.5) is 4.79 Å². The molecule has 24 heavy (non-hydrogen) atoms. The number of alkyl carbamates (subject to hydrolysis) is 1. The number of carbonyl (C=O) groups is 1. The van der Waals surface area contributed by atoms with Crippen LogP contribution in [0.2, 0.25) is 0 Å². The number of nitrogens with one attached hydrogen (secondary N) is 3. The summed E-state index contributed by atoms with van der Waals surface area (Å²) in [5.74, 6) is 5.76. The maximum absolute atomic E-state index is 11.6. The summed E-state index contributed by atoms with van der Waals surface area (Å²) in [6, 6.07) is 14.8. The number of amides is 1.